The summed E-state index contributed by atoms with van der Waals surface area (Å²) in [6.07, 6.45) is 5.55. The van der Waals surface area contributed by atoms with E-state index in [9.17, 15) is 9.18 Å². The van der Waals surface area contributed by atoms with Gasteiger partial charge < -0.3 is 4.90 Å². The number of hydrogen-bond donors (Lipinski definition) is 0. The van der Waals surface area contributed by atoms with Crippen LogP contribution in [0, 0.1) is 5.92 Å². The fraction of sp³-hybridized carbons (Fsp3) is 0.688. The van der Waals surface area contributed by atoms with Crippen molar-refractivity contribution >= 4 is 29.9 Å². The zero-order valence-electron chi connectivity index (χ0n) is 13.5. The number of rotatable bonds is 4. The van der Waals surface area contributed by atoms with Gasteiger partial charge in [0.1, 0.15) is 6.17 Å². The molecular formula is C16H29FINO. The Balaban J connectivity index is 0. The molecule has 0 bridgehead atoms. The maximum atomic E-state index is 13.3. The normalized spacial score (nSPS) is 21.9. The molecule has 1 amide bonds. The van der Waals surface area contributed by atoms with Crippen molar-refractivity contribution < 1.29 is 9.18 Å². The van der Waals surface area contributed by atoms with E-state index in [4.69, 9.17) is 0 Å². The second kappa shape index (κ2) is 11.3. The van der Waals surface area contributed by atoms with Crippen LogP contribution in [0.3, 0.4) is 0 Å². The van der Waals surface area contributed by atoms with E-state index >= 15 is 0 Å². The maximum Gasteiger partial charge on any atom is 0.226 e. The average molecular weight is 397 g/mol. The van der Waals surface area contributed by atoms with Crippen molar-refractivity contribution in [1.29, 1.82) is 0 Å². The molecule has 4 heteroatoms. The monoisotopic (exact) mass is 397 g/mol. The second-order valence-electron chi connectivity index (χ2n) is 4.63. The molecule has 0 aromatic heterocycles. The molecule has 2 nitrogen and oxygen atoms in total. The van der Waals surface area contributed by atoms with Gasteiger partial charge in [0.05, 0.1) is 0 Å². The first-order chi connectivity index (χ1) is 9.01. The standard InChI is InChI=1S/C14H22FNO.C2H6.HI/c1-5-11(4)16(14(17)6-2)12-7-8-13(15)10(3)9-12;1-2;/h7-11,13H,5-6H2,1-4H3;1-2H3;1H. The molecule has 0 fully saturated rings. The van der Waals surface area contributed by atoms with Crippen LogP contribution < -0.4 is 0 Å². The highest BCUT2D eigenvalue weighted by Gasteiger charge is 2.24. The highest BCUT2D eigenvalue weighted by atomic mass is 127. The number of amides is 1. The zero-order chi connectivity index (χ0) is 15.0. The first-order valence-electron chi connectivity index (χ1n) is 7.37. The van der Waals surface area contributed by atoms with E-state index in [0.717, 1.165) is 12.1 Å². The van der Waals surface area contributed by atoms with Crippen LogP contribution in [0.4, 0.5) is 4.39 Å². The quantitative estimate of drug-likeness (QED) is 0.605. The topological polar surface area (TPSA) is 20.3 Å². The third-order valence-corrected chi connectivity index (χ3v) is 3.27. The number of hydrogen-bond acceptors (Lipinski definition) is 1. The smallest absolute Gasteiger partial charge is 0.226 e. The van der Waals surface area contributed by atoms with Gasteiger partial charge in [0, 0.05) is 24.1 Å². The lowest BCUT2D eigenvalue weighted by molar-refractivity contribution is -0.130. The third-order valence-electron chi connectivity index (χ3n) is 3.27. The van der Waals surface area contributed by atoms with Gasteiger partial charge in [0.15, 0.2) is 0 Å². The van der Waals surface area contributed by atoms with Gasteiger partial charge in [-0.3, -0.25) is 4.79 Å². The van der Waals surface area contributed by atoms with Crippen LogP contribution in [0.15, 0.2) is 23.9 Å². The minimum absolute atomic E-state index is 0. The molecule has 118 valence electrons. The van der Waals surface area contributed by atoms with E-state index in [0.29, 0.717) is 6.42 Å². The number of carbonyl (C=O) groups excluding carboxylic acids is 1. The van der Waals surface area contributed by atoms with Crippen LogP contribution in [0.25, 0.3) is 0 Å². The predicted molar refractivity (Wildman–Crippen MR) is 94.9 cm³/mol. The Labute approximate surface area is 140 Å². The van der Waals surface area contributed by atoms with Crippen molar-refractivity contribution in [1.82, 2.24) is 4.90 Å². The Morgan fingerprint density at radius 2 is 1.95 bits per heavy atom. The number of halogens is 2. The number of carbonyl (C=O) groups is 1. The van der Waals surface area contributed by atoms with Gasteiger partial charge in [-0.05, 0) is 25.5 Å². The first kappa shape index (κ1) is 21.9. The zero-order valence-corrected chi connectivity index (χ0v) is 15.9. The van der Waals surface area contributed by atoms with Gasteiger partial charge in [-0.1, -0.05) is 40.7 Å². The molecule has 0 spiro atoms. The van der Waals surface area contributed by atoms with E-state index in [1.807, 2.05) is 40.7 Å². The summed E-state index contributed by atoms with van der Waals surface area (Å²) in [5.74, 6) is -0.0639. The Bertz CT molecular complexity index is 341. The average Bonchev–Trinajstić information content (AvgIpc) is 2.44. The van der Waals surface area contributed by atoms with Gasteiger partial charge in [-0.25, -0.2) is 4.39 Å². The minimum atomic E-state index is -0.936. The summed E-state index contributed by atoms with van der Waals surface area (Å²) in [5.41, 5.74) is 0.840. The summed E-state index contributed by atoms with van der Waals surface area (Å²) in [6, 6.07) is 0.154. The van der Waals surface area contributed by atoms with Gasteiger partial charge in [-0.15, -0.1) is 24.0 Å². The third kappa shape index (κ3) is 5.94. The van der Waals surface area contributed by atoms with Crippen LogP contribution in [-0.4, -0.2) is 23.0 Å². The van der Waals surface area contributed by atoms with Crippen molar-refractivity contribution in [3.05, 3.63) is 23.9 Å². The van der Waals surface area contributed by atoms with Crippen LogP contribution in [0.1, 0.15) is 54.4 Å². The maximum absolute atomic E-state index is 13.3. The lowest BCUT2D eigenvalue weighted by Gasteiger charge is -2.32. The Hall–Kier alpha value is -0.390. The van der Waals surface area contributed by atoms with E-state index in [1.54, 1.807) is 17.1 Å². The minimum Gasteiger partial charge on any atom is -0.310 e. The molecule has 0 aromatic carbocycles. The lowest BCUT2D eigenvalue weighted by Crippen LogP contribution is -2.37. The molecule has 0 aromatic rings. The Morgan fingerprint density at radius 1 is 1.40 bits per heavy atom. The Morgan fingerprint density at radius 3 is 2.35 bits per heavy atom. The van der Waals surface area contributed by atoms with Crippen LogP contribution in [0.5, 0.6) is 0 Å². The summed E-state index contributed by atoms with van der Waals surface area (Å²) in [7, 11) is 0. The van der Waals surface area contributed by atoms with Crippen molar-refractivity contribution in [3.8, 4) is 0 Å². The number of allylic oxidation sites excluding steroid dienone is 3. The van der Waals surface area contributed by atoms with Gasteiger partial charge in [0.2, 0.25) is 5.91 Å². The SMILES string of the molecule is CC.CCC(=O)N(C1=CC(C)C(F)C=C1)C(C)CC.I. The fourth-order valence-corrected chi connectivity index (χ4v) is 1.94. The van der Waals surface area contributed by atoms with Crippen molar-refractivity contribution in [2.75, 3.05) is 0 Å². The van der Waals surface area contributed by atoms with Gasteiger partial charge >= 0.3 is 0 Å². The molecule has 0 saturated heterocycles. The van der Waals surface area contributed by atoms with E-state index < -0.39 is 6.17 Å². The predicted octanol–water partition coefficient (Wildman–Crippen LogP) is 5.10. The fourth-order valence-electron chi connectivity index (χ4n) is 1.94. The molecule has 1 aliphatic rings. The molecule has 0 saturated carbocycles. The van der Waals surface area contributed by atoms with Crippen LogP contribution >= 0.6 is 24.0 Å². The van der Waals surface area contributed by atoms with Crippen molar-refractivity contribution in [2.24, 2.45) is 5.92 Å². The molecule has 0 radical (unpaired) electrons. The molecule has 3 unspecified atom stereocenters. The number of alkyl halides is 1. The molecule has 3 atom stereocenters. The highest BCUT2D eigenvalue weighted by molar-refractivity contribution is 14.0. The number of nitrogens with zero attached hydrogens (tertiary/aromatic N) is 1. The van der Waals surface area contributed by atoms with E-state index in [1.165, 1.54) is 0 Å². The Kier molecular flexibility index (Phi) is 12.4. The highest BCUT2D eigenvalue weighted by Crippen LogP contribution is 2.24. The summed E-state index contributed by atoms with van der Waals surface area (Å²) in [5, 5.41) is 0. The molecule has 1 rings (SSSR count). The van der Waals surface area contributed by atoms with Crippen LogP contribution in [-0.2, 0) is 4.79 Å². The van der Waals surface area contributed by atoms with Gasteiger partial charge in [-0.2, -0.15) is 0 Å². The summed E-state index contributed by atoms with van der Waals surface area (Å²) >= 11 is 0. The second-order valence-corrected chi connectivity index (χ2v) is 4.63. The summed E-state index contributed by atoms with van der Waals surface area (Å²) < 4.78 is 13.3. The molecule has 1 aliphatic carbocycles. The largest absolute Gasteiger partial charge is 0.310 e. The van der Waals surface area contributed by atoms with Crippen molar-refractivity contribution in [3.63, 3.8) is 0 Å². The summed E-state index contributed by atoms with van der Waals surface area (Å²) in [4.78, 5) is 13.7. The van der Waals surface area contributed by atoms with E-state index in [2.05, 4.69) is 6.92 Å². The molecule has 20 heavy (non-hydrogen) atoms. The molecule has 0 heterocycles. The van der Waals surface area contributed by atoms with Gasteiger partial charge in [0.25, 0.3) is 0 Å². The lowest BCUT2D eigenvalue weighted by atomic mass is 9.98. The van der Waals surface area contributed by atoms with E-state index in [-0.39, 0.29) is 41.8 Å². The van der Waals surface area contributed by atoms with Crippen molar-refractivity contribution in [2.45, 2.75) is 66.6 Å². The molecular weight excluding hydrogens is 368 g/mol. The van der Waals surface area contributed by atoms with Crippen LogP contribution in [0.2, 0.25) is 0 Å². The molecule has 0 aliphatic heterocycles. The first-order valence-corrected chi connectivity index (χ1v) is 7.37. The molecule has 0 N–H and O–H groups in total. The summed E-state index contributed by atoms with van der Waals surface area (Å²) in [6.45, 7) is 11.8.